The summed E-state index contributed by atoms with van der Waals surface area (Å²) in [5.41, 5.74) is 0. The number of thiocarbonyl (C=S) groups is 1. The molecule has 0 unspecified atom stereocenters. The fourth-order valence-electron chi connectivity index (χ4n) is 1.37. The lowest BCUT2D eigenvalue weighted by atomic mass is 10.3. The first-order valence-electron chi connectivity index (χ1n) is 4.08. The summed E-state index contributed by atoms with van der Waals surface area (Å²) in [5, 5.41) is 2.32. The van der Waals surface area contributed by atoms with E-state index in [1.165, 1.54) is 25.7 Å². The predicted molar refractivity (Wildman–Crippen MR) is 48.1 cm³/mol. The lowest BCUT2D eigenvalue weighted by molar-refractivity contribution is 0.0644. The van der Waals surface area contributed by atoms with E-state index in [-0.39, 0.29) is 0 Å². The van der Waals surface area contributed by atoms with Crippen molar-refractivity contribution in [3.05, 3.63) is 0 Å². The molecule has 62 valence electrons. The summed E-state index contributed by atoms with van der Waals surface area (Å²) in [6, 6.07) is 0. The summed E-state index contributed by atoms with van der Waals surface area (Å²) in [6.45, 7) is 1.37. The van der Waals surface area contributed by atoms with Crippen LogP contribution in [0.1, 0.15) is 25.7 Å². The van der Waals surface area contributed by atoms with Crippen molar-refractivity contribution in [3.63, 3.8) is 0 Å². The molecule has 1 saturated carbocycles. The third-order valence-corrected chi connectivity index (χ3v) is 2.05. The highest BCUT2D eigenvalue weighted by Gasteiger charge is 2.14. The first-order valence-corrected chi connectivity index (χ1v) is 4.49. The fourth-order valence-corrected chi connectivity index (χ4v) is 1.46. The normalized spacial score (nSPS) is 18.2. The van der Waals surface area contributed by atoms with Crippen molar-refractivity contribution in [3.8, 4) is 0 Å². The quantitative estimate of drug-likeness (QED) is 0.367. The van der Waals surface area contributed by atoms with Gasteiger partial charge in [0.2, 0.25) is 0 Å². The van der Waals surface area contributed by atoms with Crippen molar-refractivity contribution in [1.29, 1.82) is 0 Å². The van der Waals surface area contributed by atoms with Gasteiger partial charge in [0.05, 0.1) is 24.4 Å². The molecule has 1 rings (SSSR count). The van der Waals surface area contributed by atoms with Crippen LogP contribution in [0.4, 0.5) is 0 Å². The molecule has 11 heavy (non-hydrogen) atoms. The SMILES string of the molecule is S=C=NCCOC1CCCC1. The van der Waals surface area contributed by atoms with Gasteiger partial charge in [-0.15, -0.1) is 0 Å². The number of nitrogens with zero attached hydrogens (tertiary/aromatic N) is 1. The molecular formula is C8H13NOS. The highest BCUT2D eigenvalue weighted by Crippen LogP contribution is 2.20. The van der Waals surface area contributed by atoms with E-state index in [4.69, 9.17) is 4.74 Å². The zero-order valence-corrected chi connectivity index (χ0v) is 7.40. The molecule has 1 aliphatic rings. The van der Waals surface area contributed by atoms with Crippen LogP contribution in [0, 0.1) is 0 Å². The minimum Gasteiger partial charge on any atom is -0.376 e. The molecule has 0 aromatic heterocycles. The van der Waals surface area contributed by atoms with Crippen LogP contribution in [-0.2, 0) is 4.74 Å². The third-order valence-electron chi connectivity index (χ3n) is 1.92. The fraction of sp³-hybridized carbons (Fsp3) is 0.875. The van der Waals surface area contributed by atoms with E-state index in [0.717, 1.165) is 0 Å². The lowest BCUT2D eigenvalue weighted by Gasteiger charge is -2.08. The van der Waals surface area contributed by atoms with E-state index in [1.807, 2.05) is 0 Å². The van der Waals surface area contributed by atoms with Crippen LogP contribution in [0.15, 0.2) is 4.99 Å². The Morgan fingerprint density at radius 2 is 2.18 bits per heavy atom. The molecule has 0 heterocycles. The summed E-state index contributed by atoms with van der Waals surface area (Å²) >= 11 is 4.43. The number of ether oxygens (including phenoxy) is 1. The van der Waals surface area contributed by atoms with Crippen LogP contribution in [-0.4, -0.2) is 24.4 Å². The highest BCUT2D eigenvalue weighted by molar-refractivity contribution is 7.78. The zero-order chi connectivity index (χ0) is 7.94. The van der Waals surface area contributed by atoms with Gasteiger partial charge in [-0.05, 0) is 25.1 Å². The molecule has 3 heteroatoms. The second-order valence-corrected chi connectivity index (χ2v) is 2.93. The van der Waals surface area contributed by atoms with Crippen LogP contribution in [0.5, 0.6) is 0 Å². The van der Waals surface area contributed by atoms with Gasteiger partial charge in [0.1, 0.15) is 0 Å². The Morgan fingerprint density at radius 1 is 1.45 bits per heavy atom. The van der Waals surface area contributed by atoms with E-state index in [1.54, 1.807) is 0 Å². The van der Waals surface area contributed by atoms with E-state index >= 15 is 0 Å². The molecule has 0 aromatic carbocycles. The maximum atomic E-state index is 5.52. The number of hydrogen-bond donors (Lipinski definition) is 0. The topological polar surface area (TPSA) is 21.6 Å². The largest absolute Gasteiger partial charge is 0.376 e. The average Bonchev–Trinajstić information content (AvgIpc) is 2.50. The van der Waals surface area contributed by atoms with Gasteiger partial charge in [0.15, 0.2) is 0 Å². The van der Waals surface area contributed by atoms with Crippen molar-refractivity contribution in [2.75, 3.05) is 13.2 Å². The first kappa shape index (κ1) is 8.85. The summed E-state index contributed by atoms with van der Waals surface area (Å²) in [6.07, 6.45) is 5.58. The van der Waals surface area contributed by atoms with Crippen molar-refractivity contribution in [2.45, 2.75) is 31.8 Å². The number of rotatable bonds is 4. The van der Waals surface area contributed by atoms with Crippen LogP contribution < -0.4 is 0 Å². The van der Waals surface area contributed by atoms with Crippen LogP contribution in [0.25, 0.3) is 0 Å². The number of hydrogen-bond acceptors (Lipinski definition) is 3. The maximum Gasteiger partial charge on any atom is 0.0727 e. The molecule has 0 saturated heterocycles. The Labute approximate surface area is 72.7 Å². The molecule has 2 nitrogen and oxygen atoms in total. The van der Waals surface area contributed by atoms with Crippen LogP contribution in [0.3, 0.4) is 0 Å². The van der Waals surface area contributed by atoms with Crippen molar-refractivity contribution in [2.24, 2.45) is 4.99 Å². The highest BCUT2D eigenvalue weighted by atomic mass is 32.1. The van der Waals surface area contributed by atoms with E-state index in [9.17, 15) is 0 Å². The van der Waals surface area contributed by atoms with Gasteiger partial charge >= 0.3 is 0 Å². The molecule has 0 spiro atoms. The van der Waals surface area contributed by atoms with Crippen molar-refractivity contribution < 1.29 is 4.74 Å². The number of isothiocyanates is 1. The molecule has 1 aliphatic carbocycles. The van der Waals surface area contributed by atoms with Gasteiger partial charge in [0.25, 0.3) is 0 Å². The minimum atomic E-state index is 0.496. The van der Waals surface area contributed by atoms with Crippen LogP contribution in [0.2, 0.25) is 0 Å². The van der Waals surface area contributed by atoms with E-state index in [0.29, 0.717) is 19.3 Å². The monoisotopic (exact) mass is 171 g/mol. The van der Waals surface area contributed by atoms with Crippen molar-refractivity contribution >= 4 is 17.4 Å². The Morgan fingerprint density at radius 3 is 2.82 bits per heavy atom. The predicted octanol–water partition coefficient (Wildman–Crippen LogP) is 2.05. The minimum absolute atomic E-state index is 0.496. The molecule has 0 bridgehead atoms. The molecule has 0 radical (unpaired) electrons. The Kier molecular flexibility index (Phi) is 4.36. The molecule has 0 aliphatic heterocycles. The van der Waals surface area contributed by atoms with Gasteiger partial charge in [-0.3, -0.25) is 0 Å². The second-order valence-electron chi connectivity index (χ2n) is 2.75. The summed E-state index contributed by atoms with van der Waals surface area (Å²) in [4.78, 5) is 3.77. The zero-order valence-electron chi connectivity index (χ0n) is 6.58. The Hall–Kier alpha value is -0.240. The second kappa shape index (κ2) is 5.42. The maximum absolute atomic E-state index is 5.52. The van der Waals surface area contributed by atoms with Gasteiger partial charge in [-0.2, -0.15) is 0 Å². The van der Waals surface area contributed by atoms with E-state index < -0.39 is 0 Å². The molecule has 0 aromatic rings. The lowest BCUT2D eigenvalue weighted by Crippen LogP contribution is -2.09. The number of aliphatic imine (C=N–C) groups is 1. The van der Waals surface area contributed by atoms with Gasteiger partial charge in [0, 0.05) is 0 Å². The summed E-state index contributed by atoms with van der Waals surface area (Å²) < 4.78 is 5.52. The molecule has 0 amide bonds. The molecule has 0 atom stereocenters. The Bertz CT molecular complexity index is 148. The van der Waals surface area contributed by atoms with E-state index in [2.05, 4.69) is 22.4 Å². The molecular weight excluding hydrogens is 158 g/mol. The smallest absolute Gasteiger partial charge is 0.0727 e. The Balaban J connectivity index is 1.97. The molecule has 1 fully saturated rings. The van der Waals surface area contributed by atoms with Gasteiger partial charge < -0.3 is 4.74 Å². The van der Waals surface area contributed by atoms with Gasteiger partial charge in [-0.25, -0.2) is 4.99 Å². The summed E-state index contributed by atoms with van der Waals surface area (Å²) in [7, 11) is 0. The van der Waals surface area contributed by atoms with Crippen LogP contribution >= 0.6 is 12.2 Å². The van der Waals surface area contributed by atoms with Crippen molar-refractivity contribution in [1.82, 2.24) is 0 Å². The first-order chi connectivity index (χ1) is 5.43. The van der Waals surface area contributed by atoms with Gasteiger partial charge in [-0.1, -0.05) is 12.8 Å². The molecule has 0 N–H and O–H groups in total. The average molecular weight is 171 g/mol. The summed E-state index contributed by atoms with van der Waals surface area (Å²) in [5.74, 6) is 0. The third kappa shape index (κ3) is 3.61. The standard InChI is InChI=1S/C8H13NOS/c11-7-9-5-6-10-8-3-1-2-4-8/h8H,1-6H2.